The van der Waals surface area contributed by atoms with Crippen molar-refractivity contribution < 1.29 is 14.3 Å². The molecular weight excluding hydrogens is 402 g/mol. The summed E-state index contributed by atoms with van der Waals surface area (Å²) in [6.45, 7) is 7.30. The molecule has 1 heterocycles. The van der Waals surface area contributed by atoms with Crippen molar-refractivity contribution in [2.75, 3.05) is 38.2 Å². The molecule has 3 rings (SSSR count). The lowest BCUT2D eigenvalue weighted by Crippen LogP contribution is -2.37. The van der Waals surface area contributed by atoms with Gasteiger partial charge in [-0.3, -0.25) is 14.5 Å². The third-order valence-corrected chi connectivity index (χ3v) is 5.91. The van der Waals surface area contributed by atoms with E-state index in [1.807, 2.05) is 47.4 Å². The Morgan fingerprint density at radius 2 is 1.94 bits per heavy atom. The normalized spacial score (nSPS) is 14.9. The molecule has 2 aromatic carbocycles. The van der Waals surface area contributed by atoms with Gasteiger partial charge in [-0.1, -0.05) is 38.1 Å². The molecule has 1 aliphatic rings. The van der Waals surface area contributed by atoms with Gasteiger partial charge in [-0.2, -0.15) is 0 Å². The van der Waals surface area contributed by atoms with E-state index in [0.717, 1.165) is 48.6 Å². The van der Waals surface area contributed by atoms with Crippen LogP contribution in [-0.4, -0.2) is 50.0 Å². The molecule has 0 aliphatic carbocycles. The van der Waals surface area contributed by atoms with Crippen LogP contribution < -0.4 is 15.0 Å². The zero-order valence-electron chi connectivity index (χ0n) is 19.2. The smallest absolute Gasteiger partial charge is 0.244 e. The predicted octanol–water partition coefficient (Wildman–Crippen LogP) is 4.03. The summed E-state index contributed by atoms with van der Waals surface area (Å²) in [5, 5.41) is 3.04. The zero-order valence-corrected chi connectivity index (χ0v) is 19.2. The standard InChI is InChI=1S/C26H33N3O3/c1-4-28(5-2)24(21-8-6-9-23(18-21)32-3)19-27-25(30)16-13-20-11-14-22(15-12-20)29-17-7-10-26(29)31/h6,8-9,11-16,18,24H,4-5,7,10,17,19H2,1-3H3,(H,27,30). The molecule has 1 aliphatic heterocycles. The van der Waals surface area contributed by atoms with Gasteiger partial charge in [-0.15, -0.1) is 0 Å². The topological polar surface area (TPSA) is 61.9 Å². The van der Waals surface area contributed by atoms with Crippen LogP contribution in [0.2, 0.25) is 0 Å². The van der Waals surface area contributed by atoms with E-state index < -0.39 is 0 Å². The number of rotatable bonds is 10. The maximum absolute atomic E-state index is 12.5. The molecule has 0 spiro atoms. The molecule has 0 aromatic heterocycles. The highest BCUT2D eigenvalue weighted by molar-refractivity contribution is 5.95. The van der Waals surface area contributed by atoms with Crippen molar-refractivity contribution in [1.82, 2.24) is 10.2 Å². The largest absolute Gasteiger partial charge is 0.497 e. The number of nitrogens with one attached hydrogen (secondary N) is 1. The highest BCUT2D eigenvalue weighted by Gasteiger charge is 2.21. The van der Waals surface area contributed by atoms with E-state index in [0.29, 0.717) is 13.0 Å². The first-order valence-corrected chi connectivity index (χ1v) is 11.3. The van der Waals surface area contributed by atoms with Crippen molar-refractivity contribution in [1.29, 1.82) is 0 Å². The fourth-order valence-electron chi connectivity index (χ4n) is 4.09. The lowest BCUT2D eigenvalue weighted by Gasteiger charge is -2.30. The van der Waals surface area contributed by atoms with Crippen molar-refractivity contribution >= 4 is 23.6 Å². The highest BCUT2D eigenvalue weighted by Crippen LogP contribution is 2.24. The van der Waals surface area contributed by atoms with Crippen molar-refractivity contribution in [2.45, 2.75) is 32.7 Å². The van der Waals surface area contributed by atoms with Gasteiger partial charge >= 0.3 is 0 Å². The molecule has 0 saturated carbocycles. The van der Waals surface area contributed by atoms with Gasteiger partial charge in [0.15, 0.2) is 0 Å². The second-order valence-corrected chi connectivity index (χ2v) is 7.83. The molecule has 6 heteroatoms. The van der Waals surface area contributed by atoms with E-state index in [1.165, 1.54) is 0 Å². The summed E-state index contributed by atoms with van der Waals surface area (Å²) >= 11 is 0. The van der Waals surface area contributed by atoms with E-state index >= 15 is 0 Å². The van der Waals surface area contributed by atoms with Crippen LogP contribution in [0.4, 0.5) is 5.69 Å². The average molecular weight is 436 g/mol. The molecule has 0 bridgehead atoms. The molecule has 0 radical (unpaired) electrons. The monoisotopic (exact) mass is 435 g/mol. The third-order valence-electron chi connectivity index (χ3n) is 5.91. The predicted molar refractivity (Wildman–Crippen MR) is 129 cm³/mol. The van der Waals surface area contributed by atoms with Crippen LogP contribution in [0.1, 0.15) is 43.9 Å². The molecule has 6 nitrogen and oxygen atoms in total. The molecule has 32 heavy (non-hydrogen) atoms. The number of likely N-dealkylation sites (N-methyl/N-ethyl adjacent to an activating group) is 1. The van der Waals surface area contributed by atoms with Crippen LogP contribution >= 0.6 is 0 Å². The summed E-state index contributed by atoms with van der Waals surface area (Å²) in [7, 11) is 1.66. The number of anilines is 1. The van der Waals surface area contributed by atoms with Crippen LogP contribution in [0.3, 0.4) is 0 Å². The van der Waals surface area contributed by atoms with Crippen molar-refractivity contribution in [3.8, 4) is 5.75 Å². The Hall–Kier alpha value is -3.12. The van der Waals surface area contributed by atoms with E-state index in [9.17, 15) is 9.59 Å². The molecule has 1 saturated heterocycles. The number of carbonyl (C=O) groups excluding carboxylic acids is 2. The molecular formula is C26H33N3O3. The Balaban J connectivity index is 1.61. The summed E-state index contributed by atoms with van der Waals surface area (Å²) in [5.41, 5.74) is 2.95. The second-order valence-electron chi connectivity index (χ2n) is 7.83. The van der Waals surface area contributed by atoms with Crippen LogP contribution in [0.25, 0.3) is 6.08 Å². The first-order valence-electron chi connectivity index (χ1n) is 11.3. The van der Waals surface area contributed by atoms with E-state index in [-0.39, 0.29) is 17.9 Å². The van der Waals surface area contributed by atoms with Crippen molar-refractivity contribution in [3.63, 3.8) is 0 Å². The van der Waals surface area contributed by atoms with Crippen molar-refractivity contribution in [2.24, 2.45) is 0 Å². The third kappa shape index (κ3) is 5.98. The number of hydrogen-bond acceptors (Lipinski definition) is 4. The van der Waals surface area contributed by atoms with E-state index in [4.69, 9.17) is 4.74 Å². The van der Waals surface area contributed by atoms with Gasteiger partial charge in [0.05, 0.1) is 13.2 Å². The van der Waals surface area contributed by atoms with Crippen LogP contribution in [0, 0.1) is 0 Å². The number of carbonyl (C=O) groups is 2. The van der Waals surface area contributed by atoms with E-state index in [1.54, 1.807) is 19.3 Å². The zero-order chi connectivity index (χ0) is 22.9. The minimum Gasteiger partial charge on any atom is -0.497 e. The lowest BCUT2D eigenvalue weighted by atomic mass is 10.0. The molecule has 1 unspecified atom stereocenters. The van der Waals surface area contributed by atoms with Gasteiger partial charge in [0, 0.05) is 31.3 Å². The molecule has 1 N–H and O–H groups in total. The number of methoxy groups -OCH3 is 1. The number of amides is 2. The Morgan fingerprint density at radius 1 is 1.19 bits per heavy atom. The van der Waals surface area contributed by atoms with Crippen molar-refractivity contribution in [3.05, 3.63) is 65.7 Å². The summed E-state index contributed by atoms with van der Waals surface area (Å²) in [5.74, 6) is 0.847. The van der Waals surface area contributed by atoms with Gasteiger partial charge in [0.25, 0.3) is 0 Å². The Bertz CT molecular complexity index is 936. The Morgan fingerprint density at radius 3 is 2.56 bits per heavy atom. The van der Waals surface area contributed by atoms with Gasteiger partial charge < -0.3 is 15.0 Å². The Labute approximate surface area is 190 Å². The summed E-state index contributed by atoms with van der Waals surface area (Å²) < 4.78 is 5.37. The van der Waals surface area contributed by atoms with Gasteiger partial charge in [0.2, 0.25) is 11.8 Å². The number of nitrogens with zero attached hydrogens (tertiary/aromatic N) is 2. The van der Waals surface area contributed by atoms with Crippen LogP contribution in [0.15, 0.2) is 54.6 Å². The second kappa shape index (κ2) is 11.5. The number of ether oxygens (including phenoxy) is 1. The molecule has 170 valence electrons. The summed E-state index contributed by atoms with van der Waals surface area (Å²) in [6, 6.07) is 15.8. The maximum Gasteiger partial charge on any atom is 0.244 e. The minimum atomic E-state index is -0.135. The van der Waals surface area contributed by atoms with Gasteiger partial charge in [0.1, 0.15) is 5.75 Å². The molecule has 2 aromatic rings. The number of hydrogen-bond donors (Lipinski definition) is 1. The van der Waals surface area contributed by atoms with Crippen LogP contribution in [0.5, 0.6) is 5.75 Å². The quantitative estimate of drug-likeness (QED) is 0.573. The maximum atomic E-state index is 12.5. The SMILES string of the molecule is CCN(CC)C(CNC(=O)C=Cc1ccc(N2CCCC2=O)cc1)c1cccc(OC)c1. The average Bonchev–Trinajstić information content (AvgIpc) is 3.26. The van der Waals surface area contributed by atoms with E-state index in [2.05, 4.69) is 30.1 Å². The molecule has 1 atom stereocenters. The number of benzene rings is 2. The minimum absolute atomic E-state index is 0.0646. The van der Waals surface area contributed by atoms with Gasteiger partial charge in [-0.25, -0.2) is 0 Å². The summed E-state index contributed by atoms with van der Waals surface area (Å²) in [6.07, 6.45) is 4.88. The van der Waals surface area contributed by atoms with Gasteiger partial charge in [-0.05, 0) is 61.0 Å². The lowest BCUT2D eigenvalue weighted by molar-refractivity contribution is -0.117. The van der Waals surface area contributed by atoms with Crippen LogP contribution in [-0.2, 0) is 9.59 Å². The highest BCUT2D eigenvalue weighted by atomic mass is 16.5. The first kappa shape index (κ1) is 23.5. The molecule has 2 amide bonds. The fourth-order valence-corrected chi connectivity index (χ4v) is 4.09. The first-order chi connectivity index (χ1) is 15.5. The Kier molecular flexibility index (Phi) is 8.45. The molecule has 1 fully saturated rings. The fraction of sp³-hybridized carbons (Fsp3) is 0.385. The summed E-state index contributed by atoms with van der Waals surface area (Å²) in [4.78, 5) is 28.5.